The van der Waals surface area contributed by atoms with Crippen LogP contribution in [0.5, 0.6) is 0 Å². The molecule has 0 radical (unpaired) electrons. The van der Waals surface area contributed by atoms with Crippen LogP contribution in [0.3, 0.4) is 0 Å². The number of esters is 1. The lowest BCUT2D eigenvalue weighted by atomic mass is 9.32. The maximum Gasteiger partial charge on any atom is 0.333 e. The molecule has 0 saturated heterocycles. The topological polar surface area (TPSA) is 43.4 Å². The van der Waals surface area contributed by atoms with Crippen molar-refractivity contribution in [2.75, 3.05) is 6.61 Å². The van der Waals surface area contributed by atoms with Crippen LogP contribution in [-0.2, 0) is 14.3 Å². The summed E-state index contributed by atoms with van der Waals surface area (Å²) in [5.41, 5.74) is 4.10. The van der Waals surface area contributed by atoms with Gasteiger partial charge in [0.25, 0.3) is 0 Å². The van der Waals surface area contributed by atoms with E-state index in [1.54, 1.807) is 0 Å². The van der Waals surface area contributed by atoms with Crippen molar-refractivity contribution in [3.05, 3.63) is 22.8 Å². The lowest BCUT2D eigenvalue weighted by Gasteiger charge is -2.72. The first-order valence-corrected chi connectivity index (χ1v) is 16.2. The van der Waals surface area contributed by atoms with Crippen LogP contribution in [0.4, 0.5) is 0 Å². The van der Waals surface area contributed by atoms with Gasteiger partial charge in [0.05, 0.1) is 6.61 Å². The summed E-state index contributed by atoms with van der Waals surface area (Å²) in [7, 11) is 0. The van der Waals surface area contributed by atoms with E-state index in [2.05, 4.69) is 61.5 Å². The molecule has 0 aliphatic heterocycles. The summed E-state index contributed by atoms with van der Waals surface area (Å²) in [6.07, 6.45) is 12.6. The lowest BCUT2D eigenvalue weighted by molar-refractivity contribution is -0.218. The van der Waals surface area contributed by atoms with Gasteiger partial charge in [0, 0.05) is 17.4 Å². The molecule has 0 amide bonds. The van der Waals surface area contributed by atoms with Gasteiger partial charge >= 0.3 is 5.97 Å². The third-order valence-electron chi connectivity index (χ3n) is 14.1. The molecule has 0 aromatic carbocycles. The van der Waals surface area contributed by atoms with Gasteiger partial charge in [0.15, 0.2) is 5.78 Å². The number of ether oxygens (including phenoxy) is 1. The van der Waals surface area contributed by atoms with E-state index in [1.807, 2.05) is 13.8 Å². The van der Waals surface area contributed by atoms with Crippen molar-refractivity contribution in [1.29, 1.82) is 0 Å². The number of carbonyl (C=O) groups is 2. The quantitative estimate of drug-likeness (QED) is 0.266. The van der Waals surface area contributed by atoms with E-state index >= 15 is 0 Å². The Morgan fingerprint density at radius 2 is 1.64 bits per heavy atom. The van der Waals surface area contributed by atoms with Gasteiger partial charge in [-0.25, -0.2) is 4.79 Å². The average Bonchev–Trinajstić information content (AvgIpc) is 3.14. The molecular weight excluding hydrogens is 480 g/mol. The molecule has 5 aliphatic carbocycles. The zero-order chi connectivity index (χ0) is 28.8. The number of rotatable bonds is 4. The molecule has 39 heavy (non-hydrogen) atoms. The highest BCUT2D eigenvalue weighted by Gasteiger charge is 2.69. The minimum absolute atomic E-state index is 0.173. The van der Waals surface area contributed by atoms with Crippen LogP contribution in [0.1, 0.15) is 127 Å². The second kappa shape index (κ2) is 9.32. The number of Topliss-reactive ketones (excluding diaryl/α,β-unsaturated/α-hetero) is 1. The van der Waals surface area contributed by atoms with E-state index in [9.17, 15) is 9.59 Å². The van der Waals surface area contributed by atoms with E-state index in [-0.39, 0.29) is 28.1 Å². The van der Waals surface area contributed by atoms with Crippen LogP contribution in [-0.4, -0.2) is 18.4 Å². The van der Waals surface area contributed by atoms with Gasteiger partial charge in [-0.3, -0.25) is 4.79 Å². The van der Waals surface area contributed by atoms with Crippen molar-refractivity contribution in [1.82, 2.24) is 0 Å². The molecule has 4 saturated carbocycles. The Labute approximate surface area is 239 Å². The fourth-order valence-corrected chi connectivity index (χ4v) is 11.7. The van der Waals surface area contributed by atoms with Gasteiger partial charge < -0.3 is 4.74 Å². The zero-order valence-corrected chi connectivity index (χ0v) is 26.8. The summed E-state index contributed by atoms with van der Waals surface area (Å²) in [5.74, 6) is 3.04. The normalized spacial score (nSPS) is 45.4. The van der Waals surface area contributed by atoms with Crippen LogP contribution in [0.2, 0.25) is 0 Å². The first-order valence-electron chi connectivity index (χ1n) is 16.2. The molecule has 5 aliphatic rings. The number of ketones is 1. The lowest BCUT2D eigenvalue weighted by Crippen LogP contribution is -2.64. The summed E-state index contributed by atoms with van der Waals surface area (Å²) in [4.78, 5) is 26.5. The Balaban J connectivity index is 1.60. The summed E-state index contributed by atoms with van der Waals surface area (Å²) in [6, 6.07) is 0. The molecule has 3 nitrogen and oxygen atoms in total. The van der Waals surface area contributed by atoms with Crippen molar-refractivity contribution >= 4 is 11.8 Å². The van der Waals surface area contributed by atoms with Crippen molar-refractivity contribution in [2.24, 2.45) is 56.7 Å². The molecule has 0 aromatic heterocycles. The molecule has 8 atom stereocenters. The minimum atomic E-state index is -0.315. The second-order valence-corrected chi connectivity index (χ2v) is 16.2. The summed E-state index contributed by atoms with van der Waals surface area (Å²) in [6.45, 7) is 24.1. The van der Waals surface area contributed by atoms with Gasteiger partial charge in [-0.15, -0.1) is 0 Å². The fraction of sp³-hybridized carbons (Fsp3) is 0.833. The van der Waals surface area contributed by atoms with Gasteiger partial charge in [0.2, 0.25) is 0 Å². The van der Waals surface area contributed by atoms with Crippen LogP contribution < -0.4 is 0 Å². The van der Waals surface area contributed by atoms with E-state index in [1.165, 1.54) is 44.1 Å². The largest absolute Gasteiger partial charge is 0.463 e. The molecule has 0 N–H and O–H groups in total. The maximum absolute atomic E-state index is 13.7. The smallest absolute Gasteiger partial charge is 0.333 e. The van der Waals surface area contributed by atoms with Crippen LogP contribution in [0, 0.1) is 56.7 Å². The standard InChI is InChI=1S/C36H56O3/c1-11-39-31(38)23(4)20-36-19-18-34(9)25(30(36)29(22(2)3)26(37)21-36)12-13-28-33(8)16-14-24(5)32(6,7)27(33)15-17-35(28,34)10/h20,22,24-25,27-28H,11-19,21H2,1-10H3/b23-20+/t24-,25+,27-,28+,33-,34+,35+,36+/m0/s1. The Morgan fingerprint density at radius 3 is 2.28 bits per heavy atom. The molecule has 0 aromatic rings. The van der Waals surface area contributed by atoms with Crippen LogP contribution >= 0.6 is 0 Å². The van der Waals surface area contributed by atoms with Crippen molar-refractivity contribution in [2.45, 2.75) is 127 Å². The fourth-order valence-electron chi connectivity index (χ4n) is 11.7. The third kappa shape index (κ3) is 3.86. The predicted octanol–water partition coefficient (Wildman–Crippen LogP) is 9.11. The van der Waals surface area contributed by atoms with Gasteiger partial charge in [-0.1, -0.05) is 61.5 Å². The highest BCUT2D eigenvalue weighted by molar-refractivity contribution is 6.01. The minimum Gasteiger partial charge on any atom is -0.463 e. The van der Waals surface area contributed by atoms with E-state index in [0.717, 1.165) is 36.2 Å². The monoisotopic (exact) mass is 536 g/mol. The average molecular weight is 537 g/mol. The Bertz CT molecular complexity index is 1110. The van der Waals surface area contributed by atoms with Gasteiger partial charge in [-0.2, -0.15) is 0 Å². The maximum atomic E-state index is 13.7. The van der Waals surface area contributed by atoms with Crippen molar-refractivity contribution in [3.63, 3.8) is 0 Å². The number of hydrogen-bond acceptors (Lipinski definition) is 3. The molecule has 0 heterocycles. The molecular formula is C36H56O3. The molecule has 218 valence electrons. The molecule has 0 spiro atoms. The Hall–Kier alpha value is -1.38. The number of hydrogen-bond donors (Lipinski definition) is 0. The summed E-state index contributed by atoms with van der Waals surface area (Å²) < 4.78 is 5.38. The van der Waals surface area contributed by atoms with Crippen molar-refractivity contribution < 1.29 is 14.3 Å². The van der Waals surface area contributed by atoms with Crippen molar-refractivity contribution in [3.8, 4) is 0 Å². The van der Waals surface area contributed by atoms with E-state index in [4.69, 9.17) is 4.74 Å². The second-order valence-electron chi connectivity index (χ2n) is 16.2. The first kappa shape index (κ1) is 29.1. The first-order chi connectivity index (χ1) is 18.1. The SMILES string of the molecule is CCOC(=O)/C(C)=C/[C@@]12CC[C@]3(C)[C@H](CC[C@@H]4[C@@]5(C)CC[C@H](C)C(C)(C)[C@@H]5CC[C@]43C)C1=C(C(C)C)C(=O)C2. The highest BCUT2D eigenvalue weighted by Crippen LogP contribution is 2.77. The van der Waals surface area contributed by atoms with Gasteiger partial charge in [0.1, 0.15) is 0 Å². The third-order valence-corrected chi connectivity index (χ3v) is 14.1. The predicted molar refractivity (Wildman–Crippen MR) is 159 cm³/mol. The number of allylic oxidation sites excluding steroid dienone is 3. The number of fused-ring (bicyclic) bond motifs is 7. The van der Waals surface area contributed by atoms with Crippen LogP contribution in [0.15, 0.2) is 22.8 Å². The summed E-state index contributed by atoms with van der Waals surface area (Å²) in [5, 5.41) is 0. The zero-order valence-electron chi connectivity index (χ0n) is 26.8. The van der Waals surface area contributed by atoms with E-state index in [0.29, 0.717) is 41.1 Å². The number of carbonyl (C=O) groups excluding carboxylic acids is 2. The molecule has 4 fully saturated rings. The Kier molecular flexibility index (Phi) is 6.96. The van der Waals surface area contributed by atoms with Gasteiger partial charge in [-0.05, 0) is 128 Å². The highest BCUT2D eigenvalue weighted by atomic mass is 16.5. The molecule has 0 bridgehead atoms. The Morgan fingerprint density at radius 1 is 0.949 bits per heavy atom. The van der Waals surface area contributed by atoms with Crippen LogP contribution in [0.25, 0.3) is 0 Å². The molecule has 0 unspecified atom stereocenters. The van der Waals surface area contributed by atoms with E-state index < -0.39 is 0 Å². The molecule has 5 rings (SSSR count). The summed E-state index contributed by atoms with van der Waals surface area (Å²) >= 11 is 0. The molecule has 3 heteroatoms.